The Morgan fingerprint density at radius 3 is 2.79 bits per heavy atom. The van der Waals surface area contributed by atoms with Gasteiger partial charge in [-0.1, -0.05) is 19.9 Å². The fourth-order valence-corrected chi connectivity index (χ4v) is 4.67. The molecule has 3 aliphatic rings. The SMILES string of the molecule is C[C@@H]1[C@H]2CC=C(Nc3cccnc3)C(=O)[C@]2(C)CCC12OCCO2. The van der Waals surface area contributed by atoms with Crippen molar-refractivity contribution >= 4 is 11.5 Å². The average Bonchev–Trinajstić information content (AvgIpc) is 3.07. The van der Waals surface area contributed by atoms with Crippen LogP contribution in [0.25, 0.3) is 0 Å². The smallest absolute Gasteiger partial charge is 0.184 e. The lowest BCUT2D eigenvalue weighted by atomic mass is 9.55. The van der Waals surface area contributed by atoms with Crippen LogP contribution in [0.3, 0.4) is 0 Å². The number of carbonyl (C=O) groups is 1. The van der Waals surface area contributed by atoms with Gasteiger partial charge in [0.05, 0.1) is 30.8 Å². The Balaban J connectivity index is 1.60. The Kier molecular flexibility index (Phi) is 3.73. The number of Topliss-reactive ketones (excluding diaryl/α,β-unsaturated/α-hetero) is 1. The number of nitrogens with zero attached hydrogens (tertiary/aromatic N) is 1. The van der Waals surface area contributed by atoms with Crippen LogP contribution in [0.2, 0.25) is 0 Å². The van der Waals surface area contributed by atoms with Crippen LogP contribution in [0.5, 0.6) is 0 Å². The highest BCUT2D eigenvalue weighted by Crippen LogP contribution is 2.55. The molecule has 2 fully saturated rings. The van der Waals surface area contributed by atoms with E-state index in [2.05, 4.69) is 24.1 Å². The number of nitrogens with one attached hydrogen (secondary N) is 1. The van der Waals surface area contributed by atoms with Crippen molar-refractivity contribution in [1.82, 2.24) is 4.98 Å². The molecule has 0 radical (unpaired) electrons. The summed E-state index contributed by atoms with van der Waals surface area (Å²) in [7, 11) is 0. The summed E-state index contributed by atoms with van der Waals surface area (Å²) < 4.78 is 11.9. The minimum Gasteiger partial charge on any atom is -0.352 e. The van der Waals surface area contributed by atoms with Gasteiger partial charge >= 0.3 is 0 Å². The second kappa shape index (κ2) is 5.67. The quantitative estimate of drug-likeness (QED) is 0.904. The van der Waals surface area contributed by atoms with E-state index >= 15 is 0 Å². The number of pyridine rings is 1. The molecule has 5 nitrogen and oxygen atoms in total. The third-order valence-corrected chi connectivity index (χ3v) is 6.16. The van der Waals surface area contributed by atoms with Crippen molar-refractivity contribution in [2.75, 3.05) is 18.5 Å². The number of carbonyl (C=O) groups excluding carboxylic acids is 1. The molecular formula is C19H24N2O3. The molecule has 0 amide bonds. The molecule has 1 spiro atoms. The van der Waals surface area contributed by atoms with E-state index in [1.165, 1.54) is 0 Å². The maximum absolute atomic E-state index is 13.2. The summed E-state index contributed by atoms with van der Waals surface area (Å²) in [6, 6.07) is 3.79. The number of anilines is 1. The van der Waals surface area contributed by atoms with Crippen LogP contribution >= 0.6 is 0 Å². The van der Waals surface area contributed by atoms with Gasteiger partial charge in [0.2, 0.25) is 0 Å². The number of aromatic nitrogens is 1. The summed E-state index contributed by atoms with van der Waals surface area (Å²) in [6.45, 7) is 5.60. The number of ether oxygens (including phenoxy) is 2. The summed E-state index contributed by atoms with van der Waals surface area (Å²) in [4.78, 5) is 17.3. The molecule has 24 heavy (non-hydrogen) atoms. The van der Waals surface area contributed by atoms with Gasteiger partial charge in [-0.05, 0) is 30.9 Å². The first-order valence-corrected chi connectivity index (χ1v) is 8.75. The Bertz CT molecular complexity index is 666. The Hall–Kier alpha value is -1.72. The molecule has 128 valence electrons. The molecule has 4 rings (SSSR count). The van der Waals surface area contributed by atoms with Crippen LogP contribution in [-0.2, 0) is 14.3 Å². The van der Waals surface area contributed by atoms with Gasteiger partial charge in [0.15, 0.2) is 11.6 Å². The van der Waals surface area contributed by atoms with Crippen molar-refractivity contribution in [3.8, 4) is 0 Å². The number of hydrogen-bond donors (Lipinski definition) is 1. The molecule has 1 saturated carbocycles. The largest absolute Gasteiger partial charge is 0.352 e. The zero-order valence-electron chi connectivity index (χ0n) is 14.2. The van der Waals surface area contributed by atoms with Crippen LogP contribution in [0, 0.1) is 17.3 Å². The van der Waals surface area contributed by atoms with Gasteiger partial charge in [-0.3, -0.25) is 9.78 Å². The lowest BCUT2D eigenvalue weighted by Crippen LogP contribution is -2.56. The second-order valence-corrected chi connectivity index (χ2v) is 7.37. The van der Waals surface area contributed by atoms with Crippen LogP contribution < -0.4 is 5.32 Å². The van der Waals surface area contributed by atoms with E-state index in [-0.39, 0.29) is 23.0 Å². The normalized spacial score (nSPS) is 34.8. The first-order valence-electron chi connectivity index (χ1n) is 8.75. The highest BCUT2D eigenvalue weighted by atomic mass is 16.7. The summed E-state index contributed by atoms with van der Waals surface area (Å²) >= 11 is 0. The van der Waals surface area contributed by atoms with Gasteiger partial charge in [-0.25, -0.2) is 0 Å². The van der Waals surface area contributed by atoms with Crippen molar-refractivity contribution in [2.24, 2.45) is 17.3 Å². The molecule has 3 atom stereocenters. The number of fused-ring (bicyclic) bond motifs is 1. The van der Waals surface area contributed by atoms with Crippen molar-refractivity contribution in [2.45, 2.75) is 38.9 Å². The fraction of sp³-hybridized carbons (Fsp3) is 0.579. The minimum absolute atomic E-state index is 0.197. The molecule has 2 heterocycles. The summed E-state index contributed by atoms with van der Waals surface area (Å²) in [5, 5.41) is 3.25. The Morgan fingerprint density at radius 2 is 2.08 bits per heavy atom. The number of allylic oxidation sites excluding steroid dienone is 2. The van der Waals surface area contributed by atoms with Gasteiger partial charge in [0.25, 0.3) is 0 Å². The van der Waals surface area contributed by atoms with E-state index in [1.54, 1.807) is 12.4 Å². The predicted octanol–water partition coefficient (Wildman–Crippen LogP) is 3.15. The van der Waals surface area contributed by atoms with Gasteiger partial charge in [-0.15, -0.1) is 0 Å². The van der Waals surface area contributed by atoms with Crippen molar-refractivity contribution in [3.63, 3.8) is 0 Å². The third kappa shape index (κ3) is 2.30. The van der Waals surface area contributed by atoms with E-state index in [0.717, 1.165) is 24.9 Å². The molecule has 1 aliphatic heterocycles. The van der Waals surface area contributed by atoms with Crippen LogP contribution in [0.4, 0.5) is 5.69 Å². The Labute approximate surface area is 142 Å². The molecule has 0 bridgehead atoms. The van der Waals surface area contributed by atoms with Crippen molar-refractivity contribution in [3.05, 3.63) is 36.3 Å². The first-order chi connectivity index (χ1) is 11.6. The van der Waals surface area contributed by atoms with Crippen molar-refractivity contribution < 1.29 is 14.3 Å². The average molecular weight is 328 g/mol. The molecule has 0 unspecified atom stereocenters. The molecule has 1 aromatic heterocycles. The van der Waals surface area contributed by atoms with E-state index in [0.29, 0.717) is 18.9 Å². The van der Waals surface area contributed by atoms with Crippen LogP contribution in [-0.4, -0.2) is 29.8 Å². The molecule has 1 aromatic rings. The lowest BCUT2D eigenvalue weighted by Gasteiger charge is -2.52. The molecule has 1 N–H and O–H groups in total. The molecular weight excluding hydrogens is 304 g/mol. The fourth-order valence-electron chi connectivity index (χ4n) is 4.67. The maximum atomic E-state index is 13.2. The number of rotatable bonds is 2. The lowest BCUT2D eigenvalue weighted by molar-refractivity contribution is -0.239. The van der Waals surface area contributed by atoms with E-state index in [4.69, 9.17) is 9.47 Å². The summed E-state index contributed by atoms with van der Waals surface area (Å²) in [6.07, 6.45) is 7.94. The highest BCUT2D eigenvalue weighted by Gasteiger charge is 2.58. The highest BCUT2D eigenvalue weighted by molar-refractivity contribution is 6.03. The van der Waals surface area contributed by atoms with Gasteiger partial charge in [-0.2, -0.15) is 0 Å². The third-order valence-electron chi connectivity index (χ3n) is 6.16. The second-order valence-electron chi connectivity index (χ2n) is 7.37. The van der Waals surface area contributed by atoms with E-state index < -0.39 is 5.79 Å². The van der Waals surface area contributed by atoms with Gasteiger partial charge in [0.1, 0.15) is 0 Å². The minimum atomic E-state index is -0.480. The number of hydrogen-bond acceptors (Lipinski definition) is 5. The predicted molar refractivity (Wildman–Crippen MR) is 90.2 cm³/mol. The zero-order chi connectivity index (χ0) is 16.8. The summed E-state index contributed by atoms with van der Waals surface area (Å²) in [5.41, 5.74) is 1.18. The maximum Gasteiger partial charge on any atom is 0.184 e. The summed E-state index contributed by atoms with van der Waals surface area (Å²) in [5.74, 6) is 0.171. The molecule has 0 aromatic carbocycles. The van der Waals surface area contributed by atoms with E-state index in [9.17, 15) is 4.79 Å². The van der Waals surface area contributed by atoms with E-state index in [1.807, 2.05) is 18.2 Å². The van der Waals surface area contributed by atoms with Crippen molar-refractivity contribution in [1.29, 1.82) is 0 Å². The van der Waals surface area contributed by atoms with Crippen LogP contribution in [0.1, 0.15) is 33.1 Å². The standard InChI is InChI=1S/C19H24N2O3/c1-13-15-5-6-16(21-14-4-3-9-20-12-14)17(22)18(15,2)7-8-19(13)23-10-11-24-19/h3-4,6,9,12-13,15,21H,5,7-8,10-11H2,1-2H3/t13-,15-,18-/m1/s1. The van der Waals surface area contributed by atoms with Gasteiger partial charge in [0, 0.05) is 24.0 Å². The molecule has 2 aliphatic carbocycles. The number of ketones is 1. The topological polar surface area (TPSA) is 60.5 Å². The van der Waals surface area contributed by atoms with Crippen LogP contribution in [0.15, 0.2) is 36.3 Å². The first kappa shape index (κ1) is 15.8. The molecule has 5 heteroatoms. The van der Waals surface area contributed by atoms with Gasteiger partial charge < -0.3 is 14.8 Å². The molecule has 1 saturated heterocycles. The zero-order valence-corrected chi connectivity index (χ0v) is 14.2. The monoisotopic (exact) mass is 328 g/mol. The Morgan fingerprint density at radius 1 is 1.29 bits per heavy atom.